The number of amides is 1. The van der Waals surface area contributed by atoms with Crippen LogP contribution in [0.25, 0.3) is 5.76 Å². The molecule has 0 radical (unpaired) electrons. The quantitative estimate of drug-likeness (QED) is 0.289. The highest BCUT2D eigenvalue weighted by Gasteiger charge is 2.46. The highest BCUT2D eigenvalue weighted by molar-refractivity contribution is 6.46. The summed E-state index contributed by atoms with van der Waals surface area (Å²) in [7, 11) is 1.52. The molecule has 0 aromatic heterocycles. The second kappa shape index (κ2) is 11.8. The van der Waals surface area contributed by atoms with E-state index in [2.05, 4.69) is 0 Å². The lowest BCUT2D eigenvalue weighted by atomic mass is 9.95. The van der Waals surface area contributed by atoms with Crippen LogP contribution in [-0.4, -0.2) is 61.3 Å². The maximum absolute atomic E-state index is 13.1. The Balaban J connectivity index is 2.14. The Bertz CT molecular complexity index is 1080. The van der Waals surface area contributed by atoms with Crippen LogP contribution >= 0.6 is 0 Å². The van der Waals surface area contributed by atoms with Gasteiger partial charge in [0.1, 0.15) is 11.5 Å². The number of aliphatic hydroxyl groups is 1. The Hall–Kier alpha value is -3.52. The molecular formula is C27H33NO7. The standard InChI is InChI=1S/C27H33NO7/c1-6-33-20-11-8-18(9-12-20)25(29)23-24(28(14-15-32-5)27(31)26(23)30)19-10-13-21(35-17(3)4)22(16-19)34-7-2/h8-13,16-17,24,29H,6-7,14-15H2,1-5H3/b25-23-. The smallest absolute Gasteiger partial charge is 0.295 e. The zero-order chi connectivity index (χ0) is 25.5. The fourth-order valence-corrected chi connectivity index (χ4v) is 3.99. The van der Waals surface area contributed by atoms with Crippen molar-refractivity contribution < 1.29 is 33.6 Å². The van der Waals surface area contributed by atoms with Crippen LogP contribution in [0.4, 0.5) is 0 Å². The summed E-state index contributed by atoms with van der Waals surface area (Å²) in [4.78, 5) is 27.6. The Morgan fingerprint density at radius 2 is 1.69 bits per heavy atom. The number of ketones is 1. The van der Waals surface area contributed by atoms with Crippen molar-refractivity contribution in [3.05, 3.63) is 59.2 Å². The van der Waals surface area contributed by atoms with Gasteiger partial charge in [-0.25, -0.2) is 0 Å². The molecule has 2 aromatic rings. The van der Waals surface area contributed by atoms with Crippen LogP contribution in [0, 0.1) is 0 Å². The summed E-state index contributed by atoms with van der Waals surface area (Å²) >= 11 is 0. The molecule has 0 saturated carbocycles. The van der Waals surface area contributed by atoms with Gasteiger partial charge in [0.2, 0.25) is 0 Å². The molecule has 0 spiro atoms. The molecule has 1 atom stereocenters. The molecule has 8 heteroatoms. The minimum Gasteiger partial charge on any atom is -0.507 e. The molecule has 1 aliphatic rings. The van der Waals surface area contributed by atoms with Crippen molar-refractivity contribution in [2.24, 2.45) is 0 Å². The first-order valence-corrected chi connectivity index (χ1v) is 11.8. The molecule has 1 unspecified atom stereocenters. The molecule has 1 saturated heterocycles. The Morgan fingerprint density at radius 1 is 1.00 bits per heavy atom. The number of aliphatic hydroxyl groups excluding tert-OH is 1. The fraction of sp³-hybridized carbons (Fsp3) is 0.407. The predicted octanol–water partition coefficient (Wildman–Crippen LogP) is 4.34. The molecule has 0 aliphatic carbocycles. The number of hydrogen-bond donors (Lipinski definition) is 1. The maximum Gasteiger partial charge on any atom is 0.295 e. The third-order valence-corrected chi connectivity index (χ3v) is 5.46. The number of carbonyl (C=O) groups is 2. The first-order valence-electron chi connectivity index (χ1n) is 11.8. The first-order chi connectivity index (χ1) is 16.8. The summed E-state index contributed by atoms with van der Waals surface area (Å²) < 4.78 is 22.3. The molecule has 8 nitrogen and oxygen atoms in total. The van der Waals surface area contributed by atoms with E-state index in [1.165, 1.54) is 12.0 Å². The van der Waals surface area contributed by atoms with E-state index in [9.17, 15) is 14.7 Å². The molecule has 0 bridgehead atoms. The van der Waals surface area contributed by atoms with E-state index in [0.717, 1.165) is 0 Å². The lowest BCUT2D eigenvalue weighted by molar-refractivity contribution is -0.140. The van der Waals surface area contributed by atoms with Gasteiger partial charge in [-0.3, -0.25) is 9.59 Å². The van der Waals surface area contributed by atoms with Crippen LogP contribution in [0.2, 0.25) is 0 Å². The maximum atomic E-state index is 13.1. The lowest BCUT2D eigenvalue weighted by Crippen LogP contribution is -2.32. The van der Waals surface area contributed by atoms with E-state index in [1.54, 1.807) is 42.5 Å². The Labute approximate surface area is 206 Å². The van der Waals surface area contributed by atoms with Crippen LogP contribution < -0.4 is 14.2 Å². The molecule has 1 fully saturated rings. The van der Waals surface area contributed by atoms with Crippen molar-refractivity contribution in [3.63, 3.8) is 0 Å². The van der Waals surface area contributed by atoms with Gasteiger partial charge in [-0.05, 0) is 69.7 Å². The van der Waals surface area contributed by atoms with E-state index in [-0.39, 0.29) is 30.6 Å². The topological polar surface area (TPSA) is 94.5 Å². The van der Waals surface area contributed by atoms with Gasteiger partial charge in [0, 0.05) is 19.2 Å². The van der Waals surface area contributed by atoms with E-state index in [0.29, 0.717) is 41.6 Å². The molecular weight excluding hydrogens is 450 g/mol. The molecule has 1 amide bonds. The van der Waals surface area contributed by atoms with Crippen molar-refractivity contribution >= 4 is 17.4 Å². The predicted molar refractivity (Wildman–Crippen MR) is 132 cm³/mol. The number of rotatable bonds is 11. The molecule has 1 aliphatic heterocycles. The second-order valence-electron chi connectivity index (χ2n) is 8.25. The average molecular weight is 484 g/mol. The van der Waals surface area contributed by atoms with Gasteiger partial charge in [0.15, 0.2) is 11.5 Å². The lowest BCUT2D eigenvalue weighted by Gasteiger charge is -2.26. The van der Waals surface area contributed by atoms with Crippen molar-refractivity contribution in [1.29, 1.82) is 0 Å². The minimum atomic E-state index is -0.816. The van der Waals surface area contributed by atoms with E-state index >= 15 is 0 Å². The molecule has 1 N–H and O–H groups in total. The zero-order valence-electron chi connectivity index (χ0n) is 20.9. The Morgan fingerprint density at radius 3 is 2.29 bits per heavy atom. The summed E-state index contributed by atoms with van der Waals surface area (Å²) in [6, 6.07) is 11.2. The number of methoxy groups -OCH3 is 1. The monoisotopic (exact) mass is 483 g/mol. The van der Waals surface area contributed by atoms with Crippen LogP contribution in [0.5, 0.6) is 17.2 Å². The molecule has 188 valence electrons. The molecule has 3 rings (SSSR count). The third kappa shape index (κ3) is 5.77. The van der Waals surface area contributed by atoms with E-state index in [1.807, 2.05) is 27.7 Å². The summed E-state index contributed by atoms with van der Waals surface area (Å²) in [6.45, 7) is 8.91. The number of carbonyl (C=O) groups excluding carboxylic acids is 2. The van der Waals surface area contributed by atoms with Gasteiger partial charge in [-0.1, -0.05) is 6.07 Å². The van der Waals surface area contributed by atoms with Gasteiger partial charge in [0.05, 0.1) is 37.5 Å². The highest BCUT2D eigenvalue weighted by Crippen LogP contribution is 2.42. The SMILES string of the molecule is CCOc1ccc(/C(O)=C2/C(=O)C(=O)N(CCOC)C2c2ccc(OC(C)C)c(OCC)c2)cc1. The normalized spacial score (nSPS) is 17.2. The van der Waals surface area contributed by atoms with Gasteiger partial charge in [0.25, 0.3) is 11.7 Å². The molecule has 2 aromatic carbocycles. The number of ether oxygens (including phenoxy) is 4. The van der Waals surface area contributed by atoms with Crippen LogP contribution in [0.3, 0.4) is 0 Å². The second-order valence-corrected chi connectivity index (χ2v) is 8.25. The van der Waals surface area contributed by atoms with Crippen molar-refractivity contribution in [1.82, 2.24) is 4.90 Å². The van der Waals surface area contributed by atoms with Gasteiger partial charge < -0.3 is 29.0 Å². The third-order valence-electron chi connectivity index (χ3n) is 5.46. The largest absolute Gasteiger partial charge is 0.507 e. The number of likely N-dealkylation sites (tertiary alicyclic amines) is 1. The zero-order valence-corrected chi connectivity index (χ0v) is 20.9. The number of hydrogen-bond acceptors (Lipinski definition) is 7. The first kappa shape index (κ1) is 26.1. The van der Waals surface area contributed by atoms with Gasteiger partial charge in [-0.2, -0.15) is 0 Å². The van der Waals surface area contributed by atoms with Crippen molar-refractivity contribution in [2.45, 2.75) is 39.8 Å². The van der Waals surface area contributed by atoms with Crippen molar-refractivity contribution in [3.8, 4) is 17.2 Å². The average Bonchev–Trinajstić information content (AvgIpc) is 3.08. The summed E-state index contributed by atoms with van der Waals surface area (Å²) in [6.07, 6.45) is -0.0629. The molecule has 1 heterocycles. The van der Waals surface area contributed by atoms with Crippen LogP contribution in [0.1, 0.15) is 44.9 Å². The fourth-order valence-electron chi connectivity index (χ4n) is 3.99. The highest BCUT2D eigenvalue weighted by atomic mass is 16.5. The summed E-state index contributed by atoms with van der Waals surface area (Å²) in [5.41, 5.74) is 1.04. The van der Waals surface area contributed by atoms with Crippen LogP contribution in [-0.2, 0) is 14.3 Å². The number of Topliss-reactive ketones (excluding diaryl/α,β-unsaturated/α-hetero) is 1. The van der Waals surface area contributed by atoms with Gasteiger partial charge in [-0.15, -0.1) is 0 Å². The number of benzene rings is 2. The van der Waals surface area contributed by atoms with Crippen molar-refractivity contribution in [2.75, 3.05) is 33.5 Å². The van der Waals surface area contributed by atoms with Crippen LogP contribution in [0.15, 0.2) is 48.0 Å². The minimum absolute atomic E-state index is 0.00948. The molecule has 35 heavy (non-hydrogen) atoms. The summed E-state index contributed by atoms with van der Waals surface area (Å²) in [5.74, 6) is 0.000959. The van der Waals surface area contributed by atoms with Gasteiger partial charge >= 0.3 is 0 Å². The summed E-state index contributed by atoms with van der Waals surface area (Å²) in [5, 5.41) is 11.2. The van der Waals surface area contributed by atoms with E-state index in [4.69, 9.17) is 18.9 Å². The van der Waals surface area contributed by atoms with E-state index < -0.39 is 17.7 Å². The Kier molecular flexibility index (Phi) is 8.76. The number of nitrogens with zero attached hydrogens (tertiary/aromatic N) is 1.